The van der Waals surface area contributed by atoms with Crippen molar-refractivity contribution in [1.29, 1.82) is 0 Å². The number of hydrogen-bond donors (Lipinski definition) is 0. The maximum atomic E-state index is 2.49. The Balaban J connectivity index is 3.81. The molecule has 0 aliphatic heterocycles. The minimum Gasteiger partial charge on any atom is -0.104 e. The van der Waals surface area contributed by atoms with Crippen LogP contribution in [0.2, 0.25) is 0 Å². The predicted octanol–water partition coefficient (Wildman–Crippen LogP) is 5.26. The lowest BCUT2D eigenvalue weighted by atomic mass is 10.3. The molecule has 14 heavy (non-hydrogen) atoms. The van der Waals surface area contributed by atoms with E-state index in [1.54, 1.807) is 0 Å². The molecule has 0 fully saturated rings. The minimum absolute atomic E-state index is 0.360. The lowest BCUT2D eigenvalue weighted by Gasteiger charge is -2.24. The second-order valence-corrected chi connectivity index (χ2v) is 7.33. The summed E-state index contributed by atoms with van der Waals surface area (Å²) < 4.78 is 0. The Morgan fingerprint density at radius 3 is 1.71 bits per heavy atom. The normalized spacial score (nSPS) is 13.5. The maximum absolute atomic E-state index is 2.49. The van der Waals surface area contributed by atoms with E-state index in [0.717, 1.165) is 5.66 Å². The zero-order valence-corrected chi connectivity index (χ0v) is 11.6. The summed E-state index contributed by atoms with van der Waals surface area (Å²) in [5.41, 5.74) is 1.02. The lowest BCUT2D eigenvalue weighted by Crippen LogP contribution is -2.05. The molecule has 0 N–H and O–H groups in total. The summed E-state index contributed by atoms with van der Waals surface area (Å²) in [6.45, 7) is 9.44. The second kappa shape index (κ2) is 9.97. The zero-order valence-electron chi connectivity index (χ0n) is 10.7. The van der Waals surface area contributed by atoms with Gasteiger partial charge in [0.2, 0.25) is 0 Å². The minimum atomic E-state index is 0.360. The van der Waals surface area contributed by atoms with E-state index in [1.165, 1.54) is 50.8 Å². The number of rotatable bonds is 9. The van der Waals surface area contributed by atoms with Crippen molar-refractivity contribution in [1.82, 2.24) is 0 Å². The fourth-order valence-corrected chi connectivity index (χ4v) is 5.05. The molecule has 0 amide bonds. The van der Waals surface area contributed by atoms with Crippen LogP contribution in [-0.4, -0.2) is 18.0 Å². The molecule has 0 saturated carbocycles. The van der Waals surface area contributed by atoms with E-state index in [-0.39, 0.29) is 0 Å². The van der Waals surface area contributed by atoms with E-state index in [1.807, 2.05) is 0 Å². The molecular weight excluding hydrogens is 187 g/mol. The summed E-state index contributed by atoms with van der Waals surface area (Å²) in [5, 5.41) is 0. The average Bonchev–Trinajstić information content (AvgIpc) is 2.18. The standard InChI is InChI=1S/C13H29P/c1-5-8-11-14(12-9-6-2)13(4)10-7-3/h13H,5-12H2,1-4H3. The smallest absolute Gasteiger partial charge is 0.0238 e. The molecule has 0 aliphatic carbocycles. The van der Waals surface area contributed by atoms with Gasteiger partial charge in [0.15, 0.2) is 0 Å². The molecule has 0 bridgehead atoms. The van der Waals surface area contributed by atoms with Gasteiger partial charge in [0.25, 0.3) is 0 Å². The molecule has 1 heteroatoms. The van der Waals surface area contributed by atoms with Crippen LogP contribution in [0.3, 0.4) is 0 Å². The first kappa shape index (κ1) is 14.4. The molecule has 1 unspecified atom stereocenters. The van der Waals surface area contributed by atoms with Crippen molar-refractivity contribution in [3.05, 3.63) is 0 Å². The third kappa shape index (κ3) is 6.82. The van der Waals surface area contributed by atoms with Crippen LogP contribution >= 0.6 is 7.92 Å². The van der Waals surface area contributed by atoms with Crippen LogP contribution in [0.15, 0.2) is 0 Å². The molecule has 0 heterocycles. The van der Waals surface area contributed by atoms with Gasteiger partial charge in [-0.3, -0.25) is 0 Å². The molecule has 0 nitrogen and oxygen atoms in total. The molecule has 0 saturated heterocycles. The van der Waals surface area contributed by atoms with Crippen LogP contribution in [0.25, 0.3) is 0 Å². The zero-order chi connectivity index (χ0) is 10.8. The Morgan fingerprint density at radius 1 is 0.857 bits per heavy atom. The van der Waals surface area contributed by atoms with Gasteiger partial charge in [0.1, 0.15) is 0 Å². The first-order valence-corrected chi connectivity index (χ1v) is 8.28. The van der Waals surface area contributed by atoms with Crippen LogP contribution in [-0.2, 0) is 0 Å². The summed E-state index contributed by atoms with van der Waals surface area (Å²) in [6, 6.07) is 0. The third-order valence-electron chi connectivity index (χ3n) is 2.93. The average molecular weight is 216 g/mol. The van der Waals surface area contributed by atoms with Gasteiger partial charge >= 0.3 is 0 Å². The van der Waals surface area contributed by atoms with Crippen molar-refractivity contribution in [2.45, 2.75) is 71.9 Å². The van der Waals surface area contributed by atoms with Crippen molar-refractivity contribution < 1.29 is 0 Å². The van der Waals surface area contributed by atoms with Crippen molar-refractivity contribution in [2.24, 2.45) is 0 Å². The third-order valence-corrected chi connectivity index (χ3v) is 6.21. The Bertz CT molecular complexity index is 104. The van der Waals surface area contributed by atoms with E-state index in [0.29, 0.717) is 7.92 Å². The van der Waals surface area contributed by atoms with Crippen LogP contribution in [0.4, 0.5) is 0 Å². The van der Waals surface area contributed by atoms with E-state index in [2.05, 4.69) is 27.7 Å². The summed E-state index contributed by atoms with van der Waals surface area (Å²) in [5.74, 6) is 0. The van der Waals surface area contributed by atoms with Crippen molar-refractivity contribution in [3.8, 4) is 0 Å². The molecule has 0 aromatic rings. The first-order valence-electron chi connectivity index (χ1n) is 6.50. The number of hydrogen-bond acceptors (Lipinski definition) is 0. The Labute approximate surface area is 92.6 Å². The fourth-order valence-electron chi connectivity index (χ4n) is 1.88. The summed E-state index contributed by atoms with van der Waals surface area (Å²) >= 11 is 0. The lowest BCUT2D eigenvalue weighted by molar-refractivity contribution is 0.763. The highest BCUT2D eigenvalue weighted by atomic mass is 31.1. The van der Waals surface area contributed by atoms with Crippen molar-refractivity contribution >= 4 is 7.92 Å². The topological polar surface area (TPSA) is 0 Å². The van der Waals surface area contributed by atoms with Gasteiger partial charge in [0, 0.05) is 0 Å². The Morgan fingerprint density at radius 2 is 1.36 bits per heavy atom. The predicted molar refractivity (Wildman–Crippen MR) is 70.8 cm³/mol. The van der Waals surface area contributed by atoms with Crippen molar-refractivity contribution in [2.75, 3.05) is 12.3 Å². The SMILES string of the molecule is CCCCP(CCCC)C(C)CCC. The molecule has 86 valence electrons. The quantitative estimate of drug-likeness (QED) is 0.461. The van der Waals surface area contributed by atoms with Gasteiger partial charge in [-0.25, -0.2) is 0 Å². The highest BCUT2D eigenvalue weighted by Crippen LogP contribution is 2.44. The Kier molecular flexibility index (Phi) is 10.3. The monoisotopic (exact) mass is 216 g/mol. The van der Waals surface area contributed by atoms with Crippen molar-refractivity contribution in [3.63, 3.8) is 0 Å². The van der Waals surface area contributed by atoms with Crippen LogP contribution in [0, 0.1) is 0 Å². The molecule has 1 atom stereocenters. The highest BCUT2D eigenvalue weighted by molar-refractivity contribution is 7.58. The van der Waals surface area contributed by atoms with Crippen LogP contribution in [0.1, 0.15) is 66.2 Å². The second-order valence-electron chi connectivity index (χ2n) is 4.38. The molecular formula is C13H29P. The van der Waals surface area contributed by atoms with Crippen LogP contribution in [0.5, 0.6) is 0 Å². The van der Waals surface area contributed by atoms with E-state index < -0.39 is 0 Å². The summed E-state index contributed by atoms with van der Waals surface area (Å²) in [7, 11) is 0.360. The highest BCUT2D eigenvalue weighted by Gasteiger charge is 2.14. The largest absolute Gasteiger partial charge is 0.104 e. The molecule has 0 aromatic carbocycles. The maximum Gasteiger partial charge on any atom is -0.0238 e. The van der Waals surface area contributed by atoms with Gasteiger partial charge in [-0.15, -0.1) is 7.92 Å². The van der Waals surface area contributed by atoms with E-state index in [9.17, 15) is 0 Å². The van der Waals surface area contributed by atoms with Gasteiger partial charge in [0.05, 0.1) is 0 Å². The van der Waals surface area contributed by atoms with E-state index in [4.69, 9.17) is 0 Å². The first-order chi connectivity index (χ1) is 6.76. The molecule has 0 radical (unpaired) electrons. The molecule has 0 aliphatic rings. The molecule has 0 aromatic heterocycles. The van der Waals surface area contributed by atoms with E-state index >= 15 is 0 Å². The van der Waals surface area contributed by atoms with Gasteiger partial charge in [-0.2, -0.15) is 0 Å². The Hall–Kier alpha value is 0.430. The molecule has 0 rings (SSSR count). The number of unbranched alkanes of at least 4 members (excludes halogenated alkanes) is 2. The molecule has 0 spiro atoms. The summed E-state index contributed by atoms with van der Waals surface area (Å²) in [6.07, 6.45) is 11.6. The van der Waals surface area contributed by atoms with Gasteiger partial charge in [-0.1, -0.05) is 47.0 Å². The summed E-state index contributed by atoms with van der Waals surface area (Å²) in [4.78, 5) is 0. The van der Waals surface area contributed by atoms with Gasteiger partial charge < -0.3 is 0 Å². The van der Waals surface area contributed by atoms with Gasteiger partial charge in [-0.05, 0) is 37.2 Å². The van der Waals surface area contributed by atoms with Crippen LogP contribution < -0.4 is 0 Å². The fraction of sp³-hybridized carbons (Fsp3) is 1.00.